The van der Waals surface area contributed by atoms with Gasteiger partial charge in [0.15, 0.2) is 0 Å². The summed E-state index contributed by atoms with van der Waals surface area (Å²) in [5.74, 6) is 0.227. The van der Waals surface area contributed by atoms with Gasteiger partial charge in [-0.25, -0.2) is 0 Å². The van der Waals surface area contributed by atoms with E-state index in [1.807, 2.05) is 6.07 Å². The van der Waals surface area contributed by atoms with E-state index in [0.717, 1.165) is 32.7 Å². The predicted molar refractivity (Wildman–Crippen MR) is 90.8 cm³/mol. The molecule has 3 nitrogen and oxygen atoms in total. The molecule has 1 atom stereocenters. The highest BCUT2D eigenvalue weighted by Gasteiger charge is 2.15. The van der Waals surface area contributed by atoms with Crippen LogP contribution < -0.4 is 5.32 Å². The number of rotatable bonds is 6. The summed E-state index contributed by atoms with van der Waals surface area (Å²) >= 11 is 0. The molecule has 116 valence electrons. The van der Waals surface area contributed by atoms with E-state index in [-0.39, 0.29) is 12.5 Å². The van der Waals surface area contributed by atoms with Crippen LogP contribution in [0.4, 0.5) is 0 Å². The van der Waals surface area contributed by atoms with Crippen molar-refractivity contribution in [2.24, 2.45) is 0 Å². The molecule has 1 heterocycles. The zero-order valence-corrected chi connectivity index (χ0v) is 12.9. The molecule has 2 aromatic carbocycles. The van der Waals surface area contributed by atoms with Gasteiger partial charge < -0.3 is 10.4 Å². The summed E-state index contributed by atoms with van der Waals surface area (Å²) in [5, 5.41) is 13.0. The summed E-state index contributed by atoms with van der Waals surface area (Å²) in [6.07, 6.45) is 1.00. The van der Waals surface area contributed by atoms with Crippen molar-refractivity contribution in [3.8, 4) is 11.1 Å². The van der Waals surface area contributed by atoms with Crippen LogP contribution in [0.25, 0.3) is 11.1 Å². The normalized spacial score (nSPS) is 16.8. The minimum Gasteiger partial charge on any atom is -0.396 e. The molecule has 1 saturated heterocycles. The van der Waals surface area contributed by atoms with E-state index in [9.17, 15) is 5.11 Å². The lowest BCUT2D eigenvalue weighted by Crippen LogP contribution is -2.25. The number of nitrogens with one attached hydrogen (secondary N) is 1. The topological polar surface area (TPSA) is 35.5 Å². The zero-order valence-electron chi connectivity index (χ0n) is 12.9. The van der Waals surface area contributed by atoms with Gasteiger partial charge in [0.25, 0.3) is 0 Å². The third-order valence-electron chi connectivity index (χ3n) is 4.44. The number of benzene rings is 2. The summed E-state index contributed by atoms with van der Waals surface area (Å²) in [5.41, 5.74) is 3.69. The molecule has 0 spiro atoms. The highest BCUT2D eigenvalue weighted by atomic mass is 16.3. The molecule has 0 bridgehead atoms. The Kier molecular flexibility index (Phi) is 5.22. The maximum absolute atomic E-state index is 9.71. The Morgan fingerprint density at radius 1 is 1.00 bits per heavy atom. The molecule has 1 aliphatic rings. The van der Waals surface area contributed by atoms with Crippen LogP contribution in [0.15, 0.2) is 54.6 Å². The fourth-order valence-corrected chi connectivity index (χ4v) is 3.02. The van der Waals surface area contributed by atoms with Gasteiger partial charge in [0.05, 0.1) is 0 Å². The summed E-state index contributed by atoms with van der Waals surface area (Å²) in [6.45, 7) is 4.43. The molecular formula is C19H24N2O. The average molecular weight is 296 g/mol. The lowest BCUT2D eigenvalue weighted by molar-refractivity contribution is 0.238. The van der Waals surface area contributed by atoms with Crippen LogP contribution in [-0.2, 0) is 0 Å². The maximum Gasteiger partial charge on any atom is 0.0500 e. The lowest BCUT2D eigenvalue weighted by atomic mass is 9.94. The summed E-state index contributed by atoms with van der Waals surface area (Å²) < 4.78 is 0. The number of aliphatic hydroxyl groups is 1. The number of nitrogens with zero attached hydrogens (tertiary/aromatic N) is 1. The molecule has 22 heavy (non-hydrogen) atoms. The van der Waals surface area contributed by atoms with Crippen LogP contribution in [0, 0.1) is 0 Å². The smallest absolute Gasteiger partial charge is 0.0500 e. The fourth-order valence-electron chi connectivity index (χ4n) is 3.02. The number of hydrogen-bond donors (Lipinski definition) is 2. The first-order valence-electron chi connectivity index (χ1n) is 8.06. The summed E-state index contributed by atoms with van der Waals surface area (Å²) in [4.78, 5) is 2.40. The van der Waals surface area contributed by atoms with Gasteiger partial charge in [0.1, 0.15) is 0 Å². The van der Waals surface area contributed by atoms with Gasteiger partial charge in [-0.1, -0.05) is 54.6 Å². The maximum atomic E-state index is 9.71. The molecule has 2 N–H and O–H groups in total. The van der Waals surface area contributed by atoms with Crippen molar-refractivity contribution in [2.45, 2.75) is 12.3 Å². The van der Waals surface area contributed by atoms with E-state index < -0.39 is 0 Å². The Hall–Kier alpha value is -1.68. The first-order chi connectivity index (χ1) is 10.9. The summed E-state index contributed by atoms with van der Waals surface area (Å²) in [7, 11) is 0. The van der Waals surface area contributed by atoms with E-state index >= 15 is 0 Å². The van der Waals surface area contributed by atoms with Gasteiger partial charge in [-0.05, 0) is 23.1 Å². The molecule has 0 amide bonds. The van der Waals surface area contributed by atoms with Crippen LogP contribution in [0.5, 0.6) is 0 Å². The second-order valence-electron chi connectivity index (χ2n) is 5.93. The van der Waals surface area contributed by atoms with Crippen molar-refractivity contribution in [3.05, 3.63) is 60.2 Å². The minimum atomic E-state index is 0.214. The lowest BCUT2D eigenvalue weighted by Gasteiger charge is -2.19. The Bertz CT molecular complexity index is 562. The zero-order chi connectivity index (χ0) is 15.2. The molecule has 3 heteroatoms. The molecule has 0 aromatic heterocycles. The Morgan fingerprint density at radius 3 is 2.36 bits per heavy atom. The molecule has 3 rings (SSSR count). The molecule has 1 fully saturated rings. The van der Waals surface area contributed by atoms with Crippen LogP contribution >= 0.6 is 0 Å². The van der Waals surface area contributed by atoms with E-state index in [1.165, 1.54) is 16.7 Å². The van der Waals surface area contributed by atoms with Crippen molar-refractivity contribution >= 4 is 0 Å². The van der Waals surface area contributed by atoms with Crippen molar-refractivity contribution in [1.82, 2.24) is 10.2 Å². The molecule has 0 aliphatic carbocycles. The van der Waals surface area contributed by atoms with E-state index in [4.69, 9.17) is 0 Å². The molecule has 2 aromatic rings. The highest BCUT2D eigenvalue weighted by molar-refractivity contribution is 5.63. The third kappa shape index (κ3) is 3.74. The minimum absolute atomic E-state index is 0.214. The number of aliphatic hydroxyl groups excluding tert-OH is 1. The van der Waals surface area contributed by atoms with Gasteiger partial charge in [-0.3, -0.25) is 4.90 Å². The standard InChI is InChI=1S/C19H24N2O/c22-14-19(10-12-21-13-11-20-15-21)18-8-6-17(7-9-18)16-4-2-1-3-5-16/h1-9,19-20,22H,10-15H2. The quantitative estimate of drug-likeness (QED) is 0.860. The SMILES string of the molecule is OCC(CCN1CCNC1)c1ccc(-c2ccccc2)cc1. The highest BCUT2D eigenvalue weighted by Crippen LogP contribution is 2.24. The van der Waals surface area contributed by atoms with Gasteiger partial charge in [0, 0.05) is 38.8 Å². The molecule has 0 saturated carbocycles. The van der Waals surface area contributed by atoms with Crippen LogP contribution in [0.1, 0.15) is 17.9 Å². The third-order valence-corrected chi connectivity index (χ3v) is 4.44. The predicted octanol–water partition coefficient (Wildman–Crippen LogP) is 2.68. The molecule has 0 radical (unpaired) electrons. The monoisotopic (exact) mass is 296 g/mol. The van der Waals surface area contributed by atoms with Gasteiger partial charge in [-0.15, -0.1) is 0 Å². The fraction of sp³-hybridized carbons (Fsp3) is 0.368. The second-order valence-corrected chi connectivity index (χ2v) is 5.93. The average Bonchev–Trinajstić information content (AvgIpc) is 3.10. The van der Waals surface area contributed by atoms with Crippen LogP contribution in [-0.4, -0.2) is 42.9 Å². The van der Waals surface area contributed by atoms with Crippen LogP contribution in [0.3, 0.4) is 0 Å². The van der Waals surface area contributed by atoms with Crippen molar-refractivity contribution in [2.75, 3.05) is 32.9 Å². The Labute approximate surface area is 132 Å². The Balaban J connectivity index is 1.64. The first kappa shape index (κ1) is 15.2. The number of hydrogen-bond acceptors (Lipinski definition) is 3. The largest absolute Gasteiger partial charge is 0.396 e. The Morgan fingerprint density at radius 2 is 1.73 bits per heavy atom. The van der Waals surface area contributed by atoms with Gasteiger partial charge >= 0.3 is 0 Å². The van der Waals surface area contributed by atoms with E-state index in [1.54, 1.807) is 0 Å². The van der Waals surface area contributed by atoms with Gasteiger partial charge in [-0.2, -0.15) is 0 Å². The van der Waals surface area contributed by atoms with Crippen molar-refractivity contribution < 1.29 is 5.11 Å². The van der Waals surface area contributed by atoms with Gasteiger partial charge in [0.2, 0.25) is 0 Å². The first-order valence-corrected chi connectivity index (χ1v) is 8.06. The van der Waals surface area contributed by atoms with Crippen LogP contribution in [0.2, 0.25) is 0 Å². The molecule has 1 unspecified atom stereocenters. The van der Waals surface area contributed by atoms with E-state index in [0.29, 0.717) is 0 Å². The molecule has 1 aliphatic heterocycles. The second kappa shape index (κ2) is 7.54. The summed E-state index contributed by atoms with van der Waals surface area (Å²) in [6, 6.07) is 19.0. The molecular weight excluding hydrogens is 272 g/mol. The van der Waals surface area contributed by atoms with E-state index in [2.05, 4.69) is 58.7 Å². The van der Waals surface area contributed by atoms with Crippen molar-refractivity contribution in [3.63, 3.8) is 0 Å². The van der Waals surface area contributed by atoms with Crippen molar-refractivity contribution in [1.29, 1.82) is 0 Å².